The maximum atomic E-state index is 15.0. The number of rotatable bonds is 9. The van der Waals surface area contributed by atoms with Crippen molar-refractivity contribution >= 4 is 17.4 Å². The Morgan fingerprint density at radius 1 is 1.15 bits per heavy atom. The van der Waals surface area contributed by atoms with E-state index in [1.807, 2.05) is 19.0 Å². The molecule has 1 N–H and O–H groups in total. The first-order valence-electron chi connectivity index (χ1n) is 10.1. The molecule has 0 bridgehead atoms. The second-order valence-corrected chi connectivity index (χ2v) is 8.02. The molecule has 0 fully saturated rings. The Hall–Kier alpha value is -2.99. The average Bonchev–Trinajstić information content (AvgIpc) is 3.26. The van der Waals surface area contributed by atoms with Crippen LogP contribution in [0.2, 0.25) is 5.15 Å². The highest BCUT2D eigenvalue weighted by Gasteiger charge is 2.37. The second kappa shape index (κ2) is 10.5. The van der Waals surface area contributed by atoms with E-state index in [1.54, 1.807) is 0 Å². The number of aromatic nitrogens is 4. The molecule has 0 aliphatic carbocycles. The van der Waals surface area contributed by atoms with Gasteiger partial charge in [-0.2, -0.15) is 28.2 Å². The highest BCUT2D eigenvalue weighted by molar-refractivity contribution is 6.32. The minimum Gasteiger partial charge on any atom is -0.493 e. The third-order valence-corrected chi connectivity index (χ3v) is 4.96. The van der Waals surface area contributed by atoms with Gasteiger partial charge in [-0.25, -0.2) is 13.5 Å². The predicted octanol–water partition coefficient (Wildman–Crippen LogP) is 4.95. The van der Waals surface area contributed by atoms with Gasteiger partial charge in [-0.15, -0.1) is 0 Å². The first kappa shape index (κ1) is 25.6. The number of hydrogen-bond donors (Lipinski definition) is 1. The second-order valence-electron chi connectivity index (χ2n) is 7.66. The van der Waals surface area contributed by atoms with Gasteiger partial charge in [-0.05, 0) is 33.5 Å². The highest BCUT2D eigenvalue weighted by atomic mass is 35.5. The molecule has 2 heterocycles. The Labute approximate surface area is 197 Å². The molecule has 3 aromatic rings. The van der Waals surface area contributed by atoms with Crippen molar-refractivity contribution in [2.24, 2.45) is 0 Å². The largest absolute Gasteiger partial charge is 0.493 e. The lowest BCUT2D eigenvalue weighted by atomic mass is 10.1. The number of nitrogens with one attached hydrogen (secondary N) is 1. The zero-order valence-electron chi connectivity index (χ0n) is 18.5. The third kappa shape index (κ3) is 6.11. The summed E-state index contributed by atoms with van der Waals surface area (Å²) in [5, 5.41) is 5.59. The van der Waals surface area contributed by atoms with Gasteiger partial charge in [0.2, 0.25) is 0 Å². The van der Waals surface area contributed by atoms with E-state index in [2.05, 4.69) is 20.4 Å². The van der Waals surface area contributed by atoms with E-state index in [0.717, 1.165) is 23.7 Å². The molecule has 0 unspecified atom stereocenters. The molecule has 0 radical (unpaired) electrons. The standard InChI is InChI=1S/C21H22ClF5N6O/c1-12(21(25,26)27)29-19-17(18(22)30-20(31-19)33-8-4-6-28-33)16-14(23)10-13(11-15(16)24)34-9-5-7-32(2)3/h4,6,8,10-12H,5,7,9H2,1-3H3,(H,29,30,31)/t12-/m0/s1. The number of halogens is 6. The quantitative estimate of drug-likeness (QED) is 0.252. The zero-order chi connectivity index (χ0) is 25.0. The van der Waals surface area contributed by atoms with Gasteiger partial charge in [-0.1, -0.05) is 11.6 Å². The Balaban J connectivity index is 2.03. The molecular formula is C21H22ClF5N6O. The monoisotopic (exact) mass is 504 g/mol. The van der Waals surface area contributed by atoms with Crippen LogP contribution in [0.5, 0.6) is 5.75 Å². The van der Waals surface area contributed by atoms with Crippen molar-refractivity contribution in [3.63, 3.8) is 0 Å². The topological polar surface area (TPSA) is 68.1 Å². The van der Waals surface area contributed by atoms with Crippen LogP contribution < -0.4 is 10.1 Å². The Bertz CT molecular complexity index is 1100. The molecule has 1 aromatic carbocycles. The van der Waals surface area contributed by atoms with Crippen LogP contribution in [0.4, 0.5) is 27.8 Å². The number of benzene rings is 1. The molecule has 0 aliphatic heterocycles. The summed E-state index contributed by atoms with van der Waals surface area (Å²) in [4.78, 5) is 9.91. The summed E-state index contributed by atoms with van der Waals surface area (Å²) in [7, 11) is 3.76. The molecule has 13 heteroatoms. The van der Waals surface area contributed by atoms with Crippen molar-refractivity contribution in [2.75, 3.05) is 32.6 Å². The van der Waals surface area contributed by atoms with E-state index >= 15 is 8.78 Å². The third-order valence-electron chi connectivity index (χ3n) is 4.69. The van der Waals surface area contributed by atoms with Crippen LogP contribution >= 0.6 is 11.6 Å². The summed E-state index contributed by atoms with van der Waals surface area (Å²) in [6, 6.07) is 1.30. The molecule has 0 saturated heterocycles. The van der Waals surface area contributed by atoms with E-state index in [-0.39, 0.29) is 18.3 Å². The number of alkyl halides is 3. The van der Waals surface area contributed by atoms with E-state index in [9.17, 15) is 13.2 Å². The van der Waals surface area contributed by atoms with Gasteiger partial charge in [-0.3, -0.25) is 0 Å². The fourth-order valence-corrected chi connectivity index (χ4v) is 3.23. The van der Waals surface area contributed by atoms with Crippen LogP contribution in [-0.4, -0.2) is 64.1 Å². The highest BCUT2D eigenvalue weighted by Crippen LogP contribution is 2.39. The lowest BCUT2D eigenvalue weighted by molar-refractivity contribution is -0.138. The Morgan fingerprint density at radius 2 is 1.82 bits per heavy atom. The lowest BCUT2D eigenvalue weighted by Gasteiger charge is -2.21. The van der Waals surface area contributed by atoms with Crippen LogP contribution in [0.25, 0.3) is 17.1 Å². The zero-order valence-corrected chi connectivity index (χ0v) is 19.3. The molecule has 3 rings (SSSR count). The summed E-state index contributed by atoms with van der Waals surface area (Å²) in [6.07, 6.45) is -1.21. The van der Waals surface area contributed by atoms with E-state index in [0.29, 0.717) is 13.0 Å². The van der Waals surface area contributed by atoms with Gasteiger partial charge in [0.25, 0.3) is 5.95 Å². The number of anilines is 1. The molecule has 2 aromatic heterocycles. The van der Waals surface area contributed by atoms with Gasteiger partial charge in [0, 0.05) is 31.1 Å². The summed E-state index contributed by atoms with van der Waals surface area (Å²) in [5.74, 6) is -2.95. The maximum absolute atomic E-state index is 15.0. The predicted molar refractivity (Wildman–Crippen MR) is 117 cm³/mol. The first-order chi connectivity index (χ1) is 16.0. The molecule has 0 spiro atoms. The molecule has 1 atom stereocenters. The molecule has 0 aliphatic rings. The van der Waals surface area contributed by atoms with Crippen molar-refractivity contribution in [3.05, 3.63) is 47.4 Å². The number of ether oxygens (including phenoxy) is 1. The lowest BCUT2D eigenvalue weighted by Crippen LogP contribution is -2.33. The van der Waals surface area contributed by atoms with Crippen molar-refractivity contribution in [2.45, 2.75) is 25.6 Å². The molecular weight excluding hydrogens is 483 g/mol. The van der Waals surface area contributed by atoms with Crippen LogP contribution in [0.15, 0.2) is 30.6 Å². The van der Waals surface area contributed by atoms with Crippen LogP contribution in [-0.2, 0) is 0 Å². The Morgan fingerprint density at radius 3 is 2.38 bits per heavy atom. The number of nitrogens with zero attached hydrogens (tertiary/aromatic N) is 5. The molecule has 34 heavy (non-hydrogen) atoms. The van der Waals surface area contributed by atoms with E-state index in [4.69, 9.17) is 16.3 Å². The van der Waals surface area contributed by atoms with Gasteiger partial charge >= 0.3 is 6.18 Å². The fourth-order valence-electron chi connectivity index (χ4n) is 2.97. The molecule has 0 saturated carbocycles. The maximum Gasteiger partial charge on any atom is 0.408 e. The van der Waals surface area contributed by atoms with Crippen molar-refractivity contribution < 1.29 is 26.7 Å². The van der Waals surface area contributed by atoms with Crippen molar-refractivity contribution in [3.8, 4) is 22.8 Å². The van der Waals surface area contributed by atoms with Crippen LogP contribution in [0.3, 0.4) is 0 Å². The summed E-state index contributed by atoms with van der Waals surface area (Å²) in [5.41, 5.74) is -1.14. The van der Waals surface area contributed by atoms with Gasteiger partial charge < -0.3 is 15.0 Å². The van der Waals surface area contributed by atoms with E-state index < -0.39 is 46.0 Å². The van der Waals surface area contributed by atoms with Gasteiger partial charge in [0.15, 0.2) is 0 Å². The average molecular weight is 505 g/mol. The number of hydrogen-bond acceptors (Lipinski definition) is 6. The molecule has 0 amide bonds. The normalized spacial score (nSPS) is 12.8. The van der Waals surface area contributed by atoms with Gasteiger partial charge in [0.05, 0.1) is 17.7 Å². The SMILES string of the molecule is C[C@H](Nc1nc(-n2cccn2)nc(Cl)c1-c1c(F)cc(OCCCN(C)C)cc1F)C(F)(F)F. The van der Waals surface area contributed by atoms with Crippen LogP contribution in [0, 0.1) is 11.6 Å². The smallest absolute Gasteiger partial charge is 0.408 e. The minimum atomic E-state index is -4.66. The van der Waals surface area contributed by atoms with E-state index in [1.165, 1.54) is 18.5 Å². The summed E-state index contributed by atoms with van der Waals surface area (Å²) >= 11 is 6.22. The van der Waals surface area contributed by atoms with Crippen molar-refractivity contribution in [1.29, 1.82) is 0 Å². The summed E-state index contributed by atoms with van der Waals surface area (Å²) < 4.78 is 76.3. The van der Waals surface area contributed by atoms with Crippen LogP contribution in [0.1, 0.15) is 13.3 Å². The minimum absolute atomic E-state index is 0.0686. The Kier molecular flexibility index (Phi) is 7.93. The summed E-state index contributed by atoms with van der Waals surface area (Å²) in [6.45, 7) is 1.77. The molecule has 7 nitrogen and oxygen atoms in total. The first-order valence-corrected chi connectivity index (χ1v) is 10.5. The van der Waals surface area contributed by atoms with Gasteiger partial charge in [0.1, 0.15) is 34.4 Å². The fraction of sp³-hybridized carbons (Fsp3) is 0.381. The van der Waals surface area contributed by atoms with Crippen molar-refractivity contribution in [1.82, 2.24) is 24.6 Å². The molecule has 184 valence electrons.